The van der Waals surface area contributed by atoms with E-state index in [0.717, 1.165) is 5.69 Å². The van der Waals surface area contributed by atoms with E-state index in [1.807, 2.05) is 0 Å². The Balaban J connectivity index is 2.06. The van der Waals surface area contributed by atoms with Gasteiger partial charge in [-0.2, -0.15) is 0 Å². The number of aromatic nitrogens is 3. The molecule has 7 heteroatoms. The number of anilines is 1. The molecule has 2 aromatic rings. The molecule has 0 atom stereocenters. The smallest absolute Gasteiger partial charge is 0.274 e. The zero-order chi connectivity index (χ0) is 13.0. The summed E-state index contributed by atoms with van der Waals surface area (Å²) in [5.74, 6) is 1.13. The molecular formula is C11H11N5O2. The summed E-state index contributed by atoms with van der Waals surface area (Å²) < 4.78 is 0. The number of hydrogen-bond donors (Lipinski definition) is 1. The third-order valence-corrected chi connectivity index (χ3v) is 2.24. The lowest BCUT2D eigenvalue weighted by Crippen LogP contribution is -2.04. The molecule has 2 heterocycles. The average Bonchev–Trinajstić information content (AvgIpc) is 2.37. The minimum Gasteiger partial charge on any atom is -0.364 e. The SMILES string of the molecule is Cc1nccc(CNc2cc([N+](=O)[O-])ccn2)n1. The van der Waals surface area contributed by atoms with Crippen molar-refractivity contribution in [2.45, 2.75) is 13.5 Å². The van der Waals surface area contributed by atoms with Crippen molar-refractivity contribution in [2.24, 2.45) is 0 Å². The quantitative estimate of drug-likeness (QED) is 0.650. The monoisotopic (exact) mass is 245 g/mol. The Bertz CT molecular complexity index is 573. The van der Waals surface area contributed by atoms with Crippen LogP contribution in [0.4, 0.5) is 11.5 Å². The van der Waals surface area contributed by atoms with Gasteiger partial charge in [-0.15, -0.1) is 0 Å². The maximum absolute atomic E-state index is 10.6. The second-order valence-corrected chi connectivity index (χ2v) is 3.61. The van der Waals surface area contributed by atoms with Crippen LogP contribution in [0.3, 0.4) is 0 Å². The molecule has 0 saturated carbocycles. The average molecular weight is 245 g/mol. The van der Waals surface area contributed by atoms with Gasteiger partial charge < -0.3 is 5.32 Å². The van der Waals surface area contributed by atoms with Crippen LogP contribution < -0.4 is 5.32 Å². The van der Waals surface area contributed by atoms with Crippen LogP contribution >= 0.6 is 0 Å². The van der Waals surface area contributed by atoms with Gasteiger partial charge in [-0.1, -0.05) is 0 Å². The molecular weight excluding hydrogens is 234 g/mol. The van der Waals surface area contributed by atoms with Crippen molar-refractivity contribution in [3.8, 4) is 0 Å². The molecule has 0 unspecified atom stereocenters. The molecule has 0 fully saturated rings. The lowest BCUT2D eigenvalue weighted by atomic mass is 10.3. The van der Waals surface area contributed by atoms with E-state index in [2.05, 4.69) is 20.3 Å². The summed E-state index contributed by atoms with van der Waals surface area (Å²) in [6.07, 6.45) is 3.06. The highest BCUT2D eigenvalue weighted by molar-refractivity contribution is 5.44. The van der Waals surface area contributed by atoms with E-state index in [-0.39, 0.29) is 5.69 Å². The first-order valence-corrected chi connectivity index (χ1v) is 5.28. The van der Waals surface area contributed by atoms with Crippen LogP contribution in [-0.4, -0.2) is 19.9 Å². The van der Waals surface area contributed by atoms with Crippen LogP contribution in [-0.2, 0) is 6.54 Å². The Morgan fingerprint density at radius 2 is 2.11 bits per heavy atom. The largest absolute Gasteiger partial charge is 0.364 e. The van der Waals surface area contributed by atoms with Gasteiger partial charge in [-0.25, -0.2) is 15.0 Å². The Labute approximate surface area is 103 Å². The van der Waals surface area contributed by atoms with E-state index >= 15 is 0 Å². The molecule has 0 amide bonds. The summed E-state index contributed by atoms with van der Waals surface area (Å²) in [7, 11) is 0. The number of nitrogens with zero attached hydrogens (tertiary/aromatic N) is 4. The second kappa shape index (κ2) is 5.17. The fourth-order valence-electron chi connectivity index (χ4n) is 1.41. The van der Waals surface area contributed by atoms with E-state index in [9.17, 15) is 10.1 Å². The maximum atomic E-state index is 10.6. The number of hydrogen-bond acceptors (Lipinski definition) is 6. The van der Waals surface area contributed by atoms with Crippen LogP contribution in [0, 0.1) is 17.0 Å². The van der Waals surface area contributed by atoms with E-state index in [0.29, 0.717) is 18.2 Å². The third-order valence-electron chi connectivity index (χ3n) is 2.24. The van der Waals surface area contributed by atoms with E-state index < -0.39 is 4.92 Å². The van der Waals surface area contributed by atoms with E-state index in [1.165, 1.54) is 18.3 Å². The van der Waals surface area contributed by atoms with Crippen molar-refractivity contribution in [3.63, 3.8) is 0 Å². The Kier molecular flexibility index (Phi) is 3.42. The van der Waals surface area contributed by atoms with Gasteiger partial charge in [0.05, 0.1) is 23.2 Å². The van der Waals surface area contributed by atoms with Crippen molar-refractivity contribution < 1.29 is 4.92 Å². The minimum absolute atomic E-state index is 0.00590. The van der Waals surface area contributed by atoms with Gasteiger partial charge >= 0.3 is 0 Å². The molecule has 0 aliphatic rings. The summed E-state index contributed by atoms with van der Waals surface area (Å²) in [6, 6.07) is 4.51. The van der Waals surface area contributed by atoms with Crippen molar-refractivity contribution in [2.75, 3.05) is 5.32 Å². The molecule has 0 aliphatic heterocycles. The first kappa shape index (κ1) is 11.9. The normalized spacial score (nSPS) is 10.1. The van der Waals surface area contributed by atoms with Crippen LogP contribution in [0.25, 0.3) is 0 Å². The van der Waals surface area contributed by atoms with Gasteiger partial charge in [0.25, 0.3) is 5.69 Å². The molecule has 2 aromatic heterocycles. The summed E-state index contributed by atoms with van der Waals surface area (Å²) in [6.45, 7) is 2.24. The lowest BCUT2D eigenvalue weighted by molar-refractivity contribution is -0.384. The molecule has 0 bridgehead atoms. The van der Waals surface area contributed by atoms with Crippen LogP contribution in [0.15, 0.2) is 30.6 Å². The molecule has 0 aromatic carbocycles. The topological polar surface area (TPSA) is 93.8 Å². The van der Waals surface area contributed by atoms with Crippen molar-refractivity contribution in [3.05, 3.63) is 52.2 Å². The minimum atomic E-state index is -0.457. The summed E-state index contributed by atoms with van der Waals surface area (Å²) in [4.78, 5) is 22.3. The standard InChI is InChI=1S/C11H11N5O2/c1-8-12-4-2-9(15-8)7-14-11-6-10(16(17)18)3-5-13-11/h2-6H,7H2,1H3,(H,13,14). The number of nitrogens with one attached hydrogen (secondary N) is 1. The summed E-state index contributed by atoms with van der Waals surface area (Å²) in [5.41, 5.74) is 0.808. The maximum Gasteiger partial charge on any atom is 0.274 e. The molecule has 18 heavy (non-hydrogen) atoms. The Morgan fingerprint density at radius 1 is 1.33 bits per heavy atom. The zero-order valence-electron chi connectivity index (χ0n) is 9.70. The first-order chi connectivity index (χ1) is 8.65. The number of pyridine rings is 1. The molecule has 0 aliphatic carbocycles. The first-order valence-electron chi connectivity index (χ1n) is 5.28. The van der Waals surface area contributed by atoms with E-state index in [4.69, 9.17) is 0 Å². The molecule has 0 spiro atoms. The Hall–Kier alpha value is -2.57. The molecule has 7 nitrogen and oxygen atoms in total. The highest BCUT2D eigenvalue weighted by Crippen LogP contribution is 2.14. The van der Waals surface area contributed by atoms with Crippen molar-refractivity contribution in [1.29, 1.82) is 0 Å². The summed E-state index contributed by atoms with van der Waals surface area (Å²) in [5, 5.41) is 13.6. The molecule has 0 radical (unpaired) electrons. The zero-order valence-corrected chi connectivity index (χ0v) is 9.70. The van der Waals surface area contributed by atoms with Gasteiger partial charge in [0.1, 0.15) is 11.6 Å². The lowest BCUT2D eigenvalue weighted by Gasteiger charge is -2.04. The van der Waals surface area contributed by atoms with E-state index in [1.54, 1.807) is 19.2 Å². The fraction of sp³-hybridized carbons (Fsp3) is 0.182. The van der Waals surface area contributed by atoms with Crippen LogP contribution in [0.5, 0.6) is 0 Å². The molecule has 2 rings (SSSR count). The molecule has 92 valence electrons. The number of nitro groups is 1. The van der Waals surface area contributed by atoms with Gasteiger partial charge in [-0.05, 0) is 13.0 Å². The fourth-order valence-corrected chi connectivity index (χ4v) is 1.41. The predicted octanol–water partition coefficient (Wildman–Crippen LogP) is 1.70. The van der Waals surface area contributed by atoms with Gasteiger partial charge in [0.15, 0.2) is 0 Å². The van der Waals surface area contributed by atoms with Crippen molar-refractivity contribution in [1.82, 2.24) is 15.0 Å². The molecule has 0 saturated heterocycles. The summed E-state index contributed by atoms with van der Waals surface area (Å²) >= 11 is 0. The number of rotatable bonds is 4. The van der Waals surface area contributed by atoms with Crippen LogP contribution in [0.1, 0.15) is 11.5 Å². The third kappa shape index (κ3) is 2.97. The van der Waals surface area contributed by atoms with Crippen LogP contribution in [0.2, 0.25) is 0 Å². The van der Waals surface area contributed by atoms with Crippen molar-refractivity contribution >= 4 is 11.5 Å². The van der Waals surface area contributed by atoms with Gasteiger partial charge in [-0.3, -0.25) is 10.1 Å². The Morgan fingerprint density at radius 3 is 2.83 bits per heavy atom. The predicted molar refractivity (Wildman–Crippen MR) is 65.0 cm³/mol. The van der Waals surface area contributed by atoms with Gasteiger partial charge in [0.2, 0.25) is 0 Å². The molecule has 1 N–H and O–H groups in total. The van der Waals surface area contributed by atoms with Gasteiger partial charge in [0, 0.05) is 18.5 Å². The second-order valence-electron chi connectivity index (χ2n) is 3.61. The highest BCUT2D eigenvalue weighted by atomic mass is 16.6. The highest BCUT2D eigenvalue weighted by Gasteiger charge is 2.06. The number of aryl methyl sites for hydroxylation is 1.